The monoisotopic (exact) mass is 329 g/mol. The summed E-state index contributed by atoms with van der Waals surface area (Å²) in [5.74, 6) is -0.857. The van der Waals surface area contributed by atoms with Crippen molar-refractivity contribution in [3.63, 3.8) is 0 Å². The number of hydrogen-bond donors (Lipinski definition) is 1. The topological polar surface area (TPSA) is 52.7 Å². The molecule has 5 nitrogen and oxygen atoms in total. The third-order valence-electron chi connectivity index (χ3n) is 3.07. The highest BCUT2D eigenvalue weighted by Crippen LogP contribution is 2.19. The fraction of sp³-hybridized carbons (Fsp3) is 0.467. The lowest BCUT2D eigenvalue weighted by Crippen LogP contribution is -2.37. The molecule has 0 saturated carbocycles. The van der Waals surface area contributed by atoms with E-state index < -0.39 is 5.82 Å². The molecule has 0 bridgehead atoms. The van der Waals surface area contributed by atoms with E-state index in [1.165, 1.54) is 25.1 Å². The molecule has 2 amide bonds. The summed E-state index contributed by atoms with van der Waals surface area (Å²) in [5, 5.41) is 2.58. The van der Waals surface area contributed by atoms with E-state index in [1.54, 1.807) is 4.90 Å². The average Bonchev–Trinajstić information content (AvgIpc) is 2.42. The second-order valence-corrected chi connectivity index (χ2v) is 5.64. The van der Waals surface area contributed by atoms with Crippen LogP contribution in [0.5, 0.6) is 0 Å². The van der Waals surface area contributed by atoms with Gasteiger partial charge in [0.25, 0.3) is 0 Å². The first-order valence-corrected chi connectivity index (χ1v) is 7.32. The van der Waals surface area contributed by atoms with E-state index in [-0.39, 0.29) is 23.3 Å². The van der Waals surface area contributed by atoms with Crippen molar-refractivity contribution in [3.8, 4) is 0 Å². The van der Waals surface area contributed by atoms with Crippen LogP contribution in [-0.2, 0) is 9.59 Å². The van der Waals surface area contributed by atoms with Gasteiger partial charge in [-0.3, -0.25) is 9.59 Å². The Morgan fingerprint density at radius 2 is 1.91 bits per heavy atom. The van der Waals surface area contributed by atoms with Crippen LogP contribution in [0.2, 0.25) is 5.02 Å². The van der Waals surface area contributed by atoms with Crippen LogP contribution >= 0.6 is 11.6 Å². The van der Waals surface area contributed by atoms with Crippen LogP contribution in [0, 0.1) is 5.82 Å². The number of likely N-dealkylation sites (N-methyl/N-ethyl adjacent to an activating group) is 1. The molecule has 1 aromatic rings. The van der Waals surface area contributed by atoms with Crippen molar-refractivity contribution >= 4 is 29.1 Å². The molecule has 0 radical (unpaired) electrons. The number of amides is 2. The number of carbonyl (C=O) groups excluding carboxylic acids is 2. The molecule has 0 aromatic heterocycles. The summed E-state index contributed by atoms with van der Waals surface area (Å²) in [6.45, 7) is 3.12. The zero-order valence-corrected chi connectivity index (χ0v) is 13.8. The highest BCUT2D eigenvalue weighted by molar-refractivity contribution is 6.31. The molecule has 1 rings (SSSR count). The molecule has 0 aliphatic carbocycles. The predicted octanol–water partition coefficient (Wildman–Crippen LogP) is 2.22. The maximum Gasteiger partial charge on any atom is 0.226 e. The molecule has 0 atom stereocenters. The number of rotatable bonds is 7. The number of benzene rings is 1. The van der Waals surface area contributed by atoms with E-state index in [4.69, 9.17) is 11.6 Å². The van der Waals surface area contributed by atoms with Gasteiger partial charge in [0.2, 0.25) is 11.8 Å². The normalized spacial score (nSPS) is 10.6. The van der Waals surface area contributed by atoms with Gasteiger partial charge in [0.1, 0.15) is 5.82 Å². The molecular weight excluding hydrogens is 309 g/mol. The molecule has 0 fully saturated rings. The van der Waals surface area contributed by atoms with Gasteiger partial charge in [-0.1, -0.05) is 11.6 Å². The van der Waals surface area contributed by atoms with Crippen LogP contribution < -0.4 is 5.32 Å². The molecule has 122 valence electrons. The maximum atomic E-state index is 13.0. The minimum Gasteiger partial charge on any atom is -0.341 e. The summed E-state index contributed by atoms with van der Waals surface area (Å²) in [4.78, 5) is 27.0. The molecule has 22 heavy (non-hydrogen) atoms. The molecule has 0 heterocycles. The van der Waals surface area contributed by atoms with Crippen molar-refractivity contribution in [2.24, 2.45) is 0 Å². The standard InChI is InChI=1S/C15H21ClFN3O2/c1-11(21)20(9-8-19(2)3)7-6-15(22)18-12-4-5-14(17)13(16)10-12/h4-5,10H,6-9H2,1-3H3,(H,18,22). The second-order valence-electron chi connectivity index (χ2n) is 5.24. The third kappa shape index (κ3) is 6.41. The summed E-state index contributed by atoms with van der Waals surface area (Å²) < 4.78 is 13.0. The smallest absolute Gasteiger partial charge is 0.226 e. The molecule has 0 aliphatic rings. The summed E-state index contributed by atoms with van der Waals surface area (Å²) in [5.41, 5.74) is 0.430. The summed E-state index contributed by atoms with van der Waals surface area (Å²) >= 11 is 5.65. The van der Waals surface area contributed by atoms with Crippen LogP contribution in [-0.4, -0.2) is 55.3 Å². The Morgan fingerprint density at radius 3 is 2.45 bits per heavy atom. The van der Waals surface area contributed by atoms with Gasteiger partial charge in [-0.25, -0.2) is 4.39 Å². The third-order valence-corrected chi connectivity index (χ3v) is 3.36. The first-order chi connectivity index (χ1) is 10.3. The van der Waals surface area contributed by atoms with Crippen molar-refractivity contribution < 1.29 is 14.0 Å². The Morgan fingerprint density at radius 1 is 1.23 bits per heavy atom. The Hall–Kier alpha value is -1.66. The van der Waals surface area contributed by atoms with E-state index in [0.717, 1.165) is 6.54 Å². The van der Waals surface area contributed by atoms with E-state index in [0.29, 0.717) is 18.8 Å². The average molecular weight is 330 g/mol. The van der Waals surface area contributed by atoms with E-state index in [1.807, 2.05) is 19.0 Å². The van der Waals surface area contributed by atoms with Gasteiger partial charge < -0.3 is 15.1 Å². The van der Waals surface area contributed by atoms with Crippen molar-refractivity contribution in [1.82, 2.24) is 9.80 Å². The Bertz CT molecular complexity index is 538. The number of halogens is 2. The van der Waals surface area contributed by atoms with Gasteiger partial charge in [-0.2, -0.15) is 0 Å². The Balaban J connectivity index is 2.49. The lowest BCUT2D eigenvalue weighted by atomic mass is 10.3. The Labute approximate surface area is 135 Å². The highest BCUT2D eigenvalue weighted by Gasteiger charge is 2.12. The van der Waals surface area contributed by atoms with E-state index in [2.05, 4.69) is 5.32 Å². The van der Waals surface area contributed by atoms with Crippen molar-refractivity contribution in [2.45, 2.75) is 13.3 Å². The van der Waals surface area contributed by atoms with Crippen LogP contribution in [0.4, 0.5) is 10.1 Å². The largest absolute Gasteiger partial charge is 0.341 e. The molecule has 0 aliphatic heterocycles. The summed E-state index contributed by atoms with van der Waals surface area (Å²) in [7, 11) is 3.84. The van der Waals surface area contributed by atoms with Crippen molar-refractivity contribution in [2.75, 3.05) is 39.0 Å². The highest BCUT2D eigenvalue weighted by atomic mass is 35.5. The van der Waals surface area contributed by atoms with Gasteiger partial charge >= 0.3 is 0 Å². The van der Waals surface area contributed by atoms with Gasteiger partial charge in [-0.05, 0) is 32.3 Å². The van der Waals surface area contributed by atoms with Crippen molar-refractivity contribution in [3.05, 3.63) is 29.0 Å². The fourth-order valence-electron chi connectivity index (χ4n) is 1.78. The van der Waals surface area contributed by atoms with Crippen LogP contribution in [0.15, 0.2) is 18.2 Å². The zero-order valence-electron chi connectivity index (χ0n) is 13.0. The molecule has 0 saturated heterocycles. The van der Waals surface area contributed by atoms with Crippen LogP contribution in [0.3, 0.4) is 0 Å². The minimum atomic E-state index is -0.536. The second kappa shape index (κ2) is 8.70. The van der Waals surface area contributed by atoms with Crippen molar-refractivity contribution in [1.29, 1.82) is 0 Å². The zero-order chi connectivity index (χ0) is 16.7. The molecule has 0 spiro atoms. The summed E-state index contributed by atoms with van der Waals surface area (Å²) in [6, 6.07) is 3.98. The first-order valence-electron chi connectivity index (χ1n) is 6.94. The lowest BCUT2D eigenvalue weighted by molar-refractivity contribution is -0.129. The SMILES string of the molecule is CC(=O)N(CCC(=O)Nc1ccc(F)c(Cl)c1)CCN(C)C. The van der Waals surface area contributed by atoms with E-state index in [9.17, 15) is 14.0 Å². The number of anilines is 1. The molecule has 1 N–H and O–H groups in total. The predicted molar refractivity (Wildman–Crippen MR) is 85.5 cm³/mol. The van der Waals surface area contributed by atoms with Gasteiger partial charge in [0.15, 0.2) is 0 Å². The molecule has 7 heteroatoms. The number of carbonyl (C=O) groups is 2. The van der Waals surface area contributed by atoms with Crippen LogP contribution in [0.1, 0.15) is 13.3 Å². The molecular formula is C15H21ClFN3O2. The number of nitrogens with zero attached hydrogens (tertiary/aromatic N) is 2. The van der Waals surface area contributed by atoms with E-state index >= 15 is 0 Å². The van der Waals surface area contributed by atoms with Gasteiger partial charge in [0.05, 0.1) is 5.02 Å². The molecule has 1 aromatic carbocycles. The summed E-state index contributed by atoms with van der Waals surface area (Å²) in [6.07, 6.45) is 0.169. The number of nitrogens with one attached hydrogen (secondary N) is 1. The van der Waals surface area contributed by atoms with Crippen LogP contribution in [0.25, 0.3) is 0 Å². The minimum absolute atomic E-state index is 0.0471. The van der Waals surface area contributed by atoms with Gasteiger partial charge in [0, 0.05) is 38.7 Å². The molecule has 0 unspecified atom stereocenters. The van der Waals surface area contributed by atoms with Gasteiger partial charge in [-0.15, -0.1) is 0 Å². The maximum absolute atomic E-state index is 13.0. The lowest BCUT2D eigenvalue weighted by Gasteiger charge is -2.22. The fourth-order valence-corrected chi connectivity index (χ4v) is 1.96. The quantitative estimate of drug-likeness (QED) is 0.834. The first kappa shape index (κ1) is 18.4. The number of hydrogen-bond acceptors (Lipinski definition) is 3. The Kier molecular flexibility index (Phi) is 7.27.